The second-order valence-electron chi connectivity index (χ2n) is 4.97. The third-order valence-corrected chi connectivity index (χ3v) is 3.67. The Bertz CT molecular complexity index is 364. The molecule has 0 unspecified atom stereocenters. The highest BCUT2D eigenvalue weighted by molar-refractivity contribution is 5.78. The molecule has 0 amide bonds. The molecule has 1 aliphatic rings. The molecule has 1 aromatic rings. The van der Waals surface area contributed by atoms with Crippen LogP contribution >= 0.6 is 0 Å². The van der Waals surface area contributed by atoms with Gasteiger partial charge < -0.3 is 0 Å². The number of ketones is 1. The Labute approximate surface area is 103 Å². The van der Waals surface area contributed by atoms with E-state index >= 15 is 0 Å². The fourth-order valence-corrected chi connectivity index (χ4v) is 2.50. The van der Waals surface area contributed by atoms with Gasteiger partial charge >= 0.3 is 0 Å². The molecule has 0 aromatic carbocycles. The van der Waals surface area contributed by atoms with Crippen molar-refractivity contribution in [3.05, 3.63) is 18.0 Å². The van der Waals surface area contributed by atoms with Gasteiger partial charge in [0.05, 0.1) is 11.7 Å². The summed E-state index contributed by atoms with van der Waals surface area (Å²) in [4.78, 5) is 11.3. The van der Waals surface area contributed by atoms with Gasteiger partial charge in [-0.2, -0.15) is 5.10 Å². The summed E-state index contributed by atoms with van der Waals surface area (Å²) in [6, 6.07) is 2.66. The van der Waals surface area contributed by atoms with Crippen LogP contribution in [-0.2, 0) is 11.2 Å². The normalized spacial score (nSPS) is 17.2. The van der Waals surface area contributed by atoms with Crippen LogP contribution < -0.4 is 0 Å². The van der Waals surface area contributed by atoms with E-state index in [0.717, 1.165) is 12.1 Å². The molecule has 1 fully saturated rings. The minimum atomic E-state index is 0.331. The first kappa shape index (κ1) is 12.3. The Kier molecular flexibility index (Phi) is 4.35. The van der Waals surface area contributed by atoms with E-state index in [4.69, 9.17) is 0 Å². The first-order valence-corrected chi connectivity index (χ1v) is 6.85. The summed E-state index contributed by atoms with van der Waals surface area (Å²) in [5, 5.41) is 4.60. The quantitative estimate of drug-likeness (QED) is 0.783. The molecule has 3 heteroatoms. The molecule has 0 saturated heterocycles. The number of hydrogen-bond acceptors (Lipinski definition) is 2. The molecule has 94 valence electrons. The summed E-state index contributed by atoms with van der Waals surface area (Å²) in [5.41, 5.74) is 1.07. The lowest BCUT2D eigenvalue weighted by atomic mass is 9.96. The maximum atomic E-state index is 11.3. The summed E-state index contributed by atoms with van der Waals surface area (Å²) in [6.45, 7) is 1.92. The second kappa shape index (κ2) is 5.99. The van der Waals surface area contributed by atoms with Crippen LogP contribution in [0.2, 0.25) is 0 Å². The number of aromatic nitrogens is 2. The number of hydrogen-bond donors (Lipinski definition) is 0. The monoisotopic (exact) mass is 234 g/mol. The predicted molar refractivity (Wildman–Crippen MR) is 68.0 cm³/mol. The number of carbonyl (C=O) groups excluding carboxylic acids is 1. The van der Waals surface area contributed by atoms with Gasteiger partial charge in [-0.15, -0.1) is 0 Å². The van der Waals surface area contributed by atoms with Crippen LogP contribution in [0, 0.1) is 0 Å². The third kappa shape index (κ3) is 3.42. The average molecular weight is 234 g/mol. The number of nitrogens with zero attached hydrogens (tertiary/aromatic N) is 2. The standard InChI is InChI=1S/C14H22N2O/c1-2-14(17)9-8-12-10-11-16(15-12)13-6-4-3-5-7-13/h10-11,13H,2-9H2,1H3. The lowest BCUT2D eigenvalue weighted by Crippen LogP contribution is -2.13. The zero-order valence-corrected chi connectivity index (χ0v) is 10.7. The van der Waals surface area contributed by atoms with Gasteiger partial charge in [0, 0.05) is 19.0 Å². The summed E-state index contributed by atoms with van der Waals surface area (Å²) in [6.07, 6.45) is 10.7. The van der Waals surface area contributed by atoms with E-state index in [0.29, 0.717) is 24.7 Å². The first-order chi connectivity index (χ1) is 8.29. The van der Waals surface area contributed by atoms with E-state index in [2.05, 4.69) is 22.0 Å². The summed E-state index contributed by atoms with van der Waals surface area (Å²) in [5.74, 6) is 0.331. The molecule has 1 saturated carbocycles. The van der Waals surface area contributed by atoms with Crippen LogP contribution in [0.5, 0.6) is 0 Å². The van der Waals surface area contributed by atoms with Crippen LogP contribution in [0.3, 0.4) is 0 Å². The largest absolute Gasteiger partial charge is 0.300 e. The molecule has 17 heavy (non-hydrogen) atoms. The van der Waals surface area contributed by atoms with Crippen LogP contribution in [0.4, 0.5) is 0 Å². The number of Topliss-reactive ketones (excluding diaryl/α,β-unsaturated/α-hetero) is 1. The highest BCUT2D eigenvalue weighted by atomic mass is 16.1. The van der Waals surface area contributed by atoms with Crippen LogP contribution in [0.25, 0.3) is 0 Å². The number of rotatable bonds is 5. The van der Waals surface area contributed by atoms with Crippen molar-refractivity contribution < 1.29 is 4.79 Å². The van der Waals surface area contributed by atoms with Gasteiger partial charge in [-0.3, -0.25) is 9.48 Å². The van der Waals surface area contributed by atoms with Crippen LogP contribution in [0.1, 0.15) is 63.6 Å². The summed E-state index contributed by atoms with van der Waals surface area (Å²) >= 11 is 0. The molecular weight excluding hydrogens is 212 g/mol. The molecule has 1 aliphatic carbocycles. The summed E-state index contributed by atoms with van der Waals surface area (Å²) < 4.78 is 2.12. The Balaban J connectivity index is 1.88. The fourth-order valence-electron chi connectivity index (χ4n) is 2.50. The van der Waals surface area contributed by atoms with Crippen molar-refractivity contribution in [2.45, 2.75) is 64.3 Å². The molecule has 0 N–H and O–H groups in total. The van der Waals surface area contributed by atoms with Gasteiger partial charge in [-0.1, -0.05) is 26.2 Å². The van der Waals surface area contributed by atoms with Crippen molar-refractivity contribution in [3.8, 4) is 0 Å². The SMILES string of the molecule is CCC(=O)CCc1ccn(C2CCCCC2)n1. The molecular formula is C14H22N2O. The highest BCUT2D eigenvalue weighted by Crippen LogP contribution is 2.27. The smallest absolute Gasteiger partial charge is 0.133 e. The minimum absolute atomic E-state index is 0.331. The average Bonchev–Trinajstić information content (AvgIpc) is 2.86. The molecule has 0 radical (unpaired) electrons. The van der Waals surface area contributed by atoms with Gasteiger partial charge in [-0.25, -0.2) is 0 Å². The Morgan fingerprint density at radius 1 is 1.41 bits per heavy atom. The van der Waals surface area contributed by atoms with Gasteiger partial charge in [0.15, 0.2) is 0 Å². The molecule has 0 spiro atoms. The third-order valence-electron chi connectivity index (χ3n) is 3.67. The van der Waals surface area contributed by atoms with Gasteiger partial charge in [0.1, 0.15) is 5.78 Å². The molecule has 1 heterocycles. The zero-order chi connectivity index (χ0) is 12.1. The van der Waals surface area contributed by atoms with Gasteiger partial charge in [0.25, 0.3) is 0 Å². The molecule has 0 aliphatic heterocycles. The molecule has 0 bridgehead atoms. The Morgan fingerprint density at radius 3 is 2.88 bits per heavy atom. The Morgan fingerprint density at radius 2 is 2.18 bits per heavy atom. The molecule has 1 aromatic heterocycles. The van der Waals surface area contributed by atoms with Crippen LogP contribution in [-0.4, -0.2) is 15.6 Å². The maximum Gasteiger partial charge on any atom is 0.133 e. The maximum absolute atomic E-state index is 11.3. The predicted octanol–water partition coefficient (Wildman–Crippen LogP) is 3.30. The van der Waals surface area contributed by atoms with Crippen molar-refractivity contribution >= 4 is 5.78 Å². The molecule has 3 nitrogen and oxygen atoms in total. The van der Waals surface area contributed by atoms with E-state index in [1.165, 1.54) is 32.1 Å². The highest BCUT2D eigenvalue weighted by Gasteiger charge is 2.15. The molecule has 0 atom stereocenters. The Hall–Kier alpha value is -1.12. The summed E-state index contributed by atoms with van der Waals surface area (Å²) in [7, 11) is 0. The zero-order valence-electron chi connectivity index (χ0n) is 10.7. The second-order valence-corrected chi connectivity index (χ2v) is 4.97. The van der Waals surface area contributed by atoms with E-state index in [-0.39, 0.29) is 0 Å². The van der Waals surface area contributed by atoms with Gasteiger partial charge in [0.2, 0.25) is 0 Å². The number of aryl methyl sites for hydroxylation is 1. The first-order valence-electron chi connectivity index (χ1n) is 6.85. The van der Waals surface area contributed by atoms with E-state index in [1.54, 1.807) is 0 Å². The van der Waals surface area contributed by atoms with Gasteiger partial charge in [-0.05, 0) is 25.3 Å². The van der Waals surface area contributed by atoms with Crippen molar-refractivity contribution in [3.63, 3.8) is 0 Å². The van der Waals surface area contributed by atoms with Crippen molar-refractivity contribution in [1.82, 2.24) is 9.78 Å². The van der Waals surface area contributed by atoms with Crippen LogP contribution in [0.15, 0.2) is 12.3 Å². The topological polar surface area (TPSA) is 34.9 Å². The fraction of sp³-hybridized carbons (Fsp3) is 0.714. The molecule has 2 rings (SSSR count). The van der Waals surface area contributed by atoms with E-state index < -0.39 is 0 Å². The lowest BCUT2D eigenvalue weighted by Gasteiger charge is -2.21. The van der Waals surface area contributed by atoms with Crippen molar-refractivity contribution in [2.75, 3.05) is 0 Å². The van der Waals surface area contributed by atoms with E-state index in [9.17, 15) is 4.79 Å². The van der Waals surface area contributed by atoms with E-state index in [1.807, 2.05) is 6.92 Å². The lowest BCUT2D eigenvalue weighted by molar-refractivity contribution is -0.118. The van der Waals surface area contributed by atoms with Crippen molar-refractivity contribution in [1.29, 1.82) is 0 Å². The van der Waals surface area contributed by atoms with Crippen molar-refractivity contribution in [2.24, 2.45) is 0 Å². The minimum Gasteiger partial charge on any atom is -0.300 e. The number of carbonyl (C=O) groups is 1.